The molecule has 9 heteroatoms. The number of carbonyl (C=O) groups is 3. The Hall–Kier alpha value is -4.01. The summed E-state index contributed by atoms with van der Waals surface area (Å²) in [6, 6.07) is 10.8. The van der Waals surface area contributed by atoms with E-state index >= 15 is 0 Å². The number of nitrogens with zero attached hydrogens (tertiary/aromatic N) is 1. The zero-order chi connectivity index (χ0) is 22.0. The largest absolute Gasteiger partial charge is 0.481 e. The van der Waals surface area contributed by atoms with E-state index in [0.29, 0.717) is 17.9 Å². The van der Waals surface area contributed by atoms with E-state index in [4.69, 9.17) is 9.47 Å². The molecule has 32 heavy (non-hydrogen) atoms. The third-order valence-corrected chi connectivity index (χ3v) is 6.39. The molecule has 3 aliphatic rings. The van der Waals surface area contributed by atoms with Crippen molar-refractivity contribution in [3.05, 3.63) is 59.3 Å². The van der Waals surface area contributed by atoms with Gasteiger partial charge in [-0.25, -0.2) is 0 Å². The van der Waals surface area contributed by atoms with E-state index in [2.05, 4.69) is 10.3 Å². The van der Waals surface area contributed by atoms with Crippen LogP contribution in [0.5, 0.6) is 11.5 Å². The lowest BCUT2D eigenvalue weighted by molar-refractivity contribution is -0.154. The van der Waals surface area contributed by atoms with E-state index in [0.717, 1.165) is 27.7 Å². The molecule has 9 nitrogen and oxygen atoms in total. The maximum atomic E-state index is 13.5. The highest BCUT2D eigenvalue weighted by molar-refractivity contribution is 6.00. The average Bonchev–Trinajstić information content (AvgIpc) is 3.39. The van der Waals surface area contributed by atoms with Gasteiger partial charge < -0.3 is 29.8 Å². The van der Waals surface area contributed by atoms with Crippen LogP contribution in [0.25, 0.3) is 10.9 Å². The molecule has 2 amide bonds. The van der Waals surface area contributed by atoms with Gasteiger partial charge in [-0.2, -0.15) is 0 Å². The molecule has 3 atom stereocenters. The number of aliphatic carboxylic acids is 1. The van der Waals surface area contributed by atoms with Crippen molar-refractivity contribution >= 4 is 28.7 Å². The summed E-state index contributed by atoms with van der Waals surface area (Å²) in [6.07, 6.45) is -0.126. The fourth-order valence-electron chi connectivity index (χ4n) is 5.02. The standard InChI is InChI=1S/C23H19N3O6/c27-19(28)9-15-23(30)26-16(22(29)25-15)8-13-12-3-1-2-4-14(12)24-20(13)21(26)11-5-6-17-18(7-11)32-10-31-17/h1-7,15-16,21,24H,8-10H2,(H,25,29)(H,27,28)/t15-,16-,21-/m1/s1. The zero-order valence-electron chi connectivity index (χ0n) is 16.8. The normalized spacial score (nSPS) is 23.6. The van der Waals surface area contributed by atoms with Crippen molar-refractivity contribution in [2.75, 3.05) is 6.79 Å². The summed E-state index contributed by atoms with van der Waals surface area (Å²) in [6.45, 7) is 0.120. The molecule has 162 valence electrons. The van der Waals surface area contributed by atoms with Gasteiger partial charge in [0.25, 0.3) is 0 Å². The Kier molecular flexibility index (Phi) is 3.95. The average molecular weight is 433 g/mol. The monoisotopic (exact) mass is 433 g/mol. The molecule has 0 spiro atoms. The number of hydrogen-bond acceptors (Lipinski definition) is 5. The van der Waals surface area contributed by atoms with Crippen molar-refractivity contribution in [2.24, 2.45) is 0 Å². The van der Waals surface area contributed by atoms with Crippen LogP contribution in [0, 0.1) is 0 Å². The summed E-state index contributed by atoms with van der Waals surface area (Å²) in [5.74, 6) is -0.728. The molecule has 0 aliphatic carbocycles. The van der Waals surface area contributed by atoms with Crippen LogP contribution in [0.2, 0.25) is 0 Å². The zero-order valence-corrected chi connectivity index (χ0v) is 16.8. The molecule has 6 rings (SSSR count). The van der Waals surface area contributed by atoms with E-state index in [1.807, 2.05) is 36.4 Å². The highest BCUT2D eigenvalue weighted by Crippen LogP contribution is 2.44. The molecule has 2 aromatic carbocycles. The molecule has 0 saturated carbocycles. The van der Waals surface area contributed by atoms with Gasteiger partial charge in [-0.3, -0.25) is 14.4 Å². The van der Waals surface area contributed by atoms with Gasteiger partial charge in [0.15, 0.2) is 11.5 Å². The van der Waals surface area contributed by atoms with Gasteiger partial charge in [-0.1, -0.05) is 24.3 Å². The highest BCUT2D eigenvalue weighted by Gasteiger charge is 2.49. The van der Waals surface area contributed by atoms with E-state index in [-0.39, 0.29) is 12.7 Å². The lowest BCUT2D eigenvalue weighted by atomic mass is 9.85. The number of fused-ring (bicyclic) bond motifs is 5. The first-order chi connectivity index (χ1) is 15.5. The number of ether oxygens (including phenoxy) is 2. The van der Waals surface area contributed by atoms with Crippen LogP contribution < -0.4 is 14.8 Å². The van der Waals surface area contributed by atoms with Crippen LogP contribution in [0.1, 0.15) is 29.3 Å². The lowest BCUT2D eigenvalue weighted by Gasteiger charge is -2.46. The van der Waals surface area contributed by atoms with Gasteiger partial charge in [-0.15, -0.1) is 0 Å². The maximum absolute atomic E-state index is 13.5. The molecule has 1 saturated heterocycles. The van der Waals surface area contributed by atoms with Gasteiger partial charge in [0.1, 0.15) is 12.1 Å². The van der Waals surface area contributed by atoms with Gasteiger partial charge in [-0.05, 0) is 29.3 Å². The van der Waals surface area contributed by atoms with Crippen LogP contribution >= 0.6 is 0 Å². The second-order valence-corrected chi connectivity index (χ2v) is 8.20. The first-order valence-corrected chi connectivity index (χ1v) is 10.3. The summed E-state index contributed by atoms with van der Waals surface area (Å²) in [5, 5.41) is 12.9. The van der Waals surface area contributed by atoms with E-state index in [1.54, 1.807) is 6.07 Å². The number of carbonyl (C=O) groups excluding carboxylic acids is 2. The summed E-state index contributed by atoms with van der Waals surface area (Å²) in [5.41, 5.74) is 3.46. The van der Waals surface area contributed by atoms with Gasteiger partial charge in [0.05, 0.1) is 12.5 Å². The van der Waals surface area contributed by atoms with Crippen molar-refractivity contribution in [1.82, 2.24) is 15.2 Å². The Bertz CT molecular complexity index is 1300. The molecule has 1 aromatic heterocycles. The van der Waals surface area contributed by atoms with Crippen LogP contribution in [-0.2, 0) is 20.8 Å². The number of hydrogen-bond donors (Lipinski definition) is 3. The Morgan fingerprint density at radius 1 is 1.12 bits per heavy atom. The van der Waals surface area contributed by atoms with Crippen LogP contribution in [0.3, 0.4) is 0 Å². The van der Waals surface area contributed by atoms with Crippen molar-refractivity contribution in [3.63, 3.8) is 0 Å². The minimum atomic E-state index is -1.15. The number of benzene rings is 2. The van der Waals surface area contributed by atoms with Crippen molar-refractivity contribution in [2.45, 2.75) is 31.0 Å². The van der Waals surface area contributed by atoms with E-state index in [1.165, 1.54) is 4.90 Å². The number of piperazine rings is 1. The summed E-state index contributed by atoms with van der Waals surface area (Å²) in [7, 11) is 0. The Labute approximate surface area is 181 Å². The number of rotatable bonds is 3. The predicted octanol–water partition coefficient (Wildman–Crippen LogP) is 1.71. The van der Waals surface area contributed by atoms with Crippen molar-refractivity contribution in [3.8, 4) is 11.5 Å². The van der Waals surface area contributed by atoms with E-state index < -0.39 is 36.4 Å². The number of aromatic nitrogens is 1. The topological polar surface area (TPSA) is 121 Å². The molecular weight excluding hydrogens is 414 g/mol. The van der Waals surface area contributed by atoms with Gasteiger partial charge >= 0.3 is 5.97 Å². The third kappa shape index (κ3) is 2.67. The molecule has 0 unspecified atom stereocenters. The van der Waals surface area contributed by atoms with Crippen LogP contribution in [0.4, 0.5) is 0 Å². The smallest absolute Gasteiger partial charge is 0.305 e. The Morgan fingerprint density at radius 2 is 1.94 bits per heavy atom. The highest BCUT2D eigenvalue weighted by atomic mass is 16.7. The minimum absolute atomic E-state index is 0.120. The number of carboxylic acid groups (broad SMARTS) is 1. The van der Waals surface area contributed by atoms with Crippen LogP contribution in [0.15, 0.2) is 42.5 Å². The third-order valence-electron chi connectivity index (χ3n) is 6.39. The molecule has 4 heterocycles. The fraction of sp³-hybridized carbons (Fsp3) is 0.261. The van der Waals surface area contributed by atoms with E-state index in [9.17, 15) is 19.5 Å². The predicted molar refractivity (Wildman–Crippen MR) is 111 cm³/mol. The molecule has 3 aliphatic heterocycles. The SMILES string of the molecule is O=C(O)C[C@H]1NC(=O)[C@H]2Cc3c([nH]c4ccccc34)[C@@H](c3ccc4c(c3)OCO4)N2C1=O. The fourth-order valence-corrected chi connectivity index (χ4v) is 5.02. The second kappa shape index (κ2) is 6.74. The molecule has 0 bridgehead atoms. The first kappa shape index (κ1) is 18.7. The molecule has 3 N–H and O–H groups in total. The molecule has 0 radical (unpaired) electrons. The Balaban J connectivity index is 1.55. The van der Waals surface area contributed by atoms with Crippen molar-refractivity contribution in [1.29, 1.82) is 0 Å². The summed E-state index contributed by atoms with van der Waals surface area (Å²) >= 11 is 0. The quantitative estimate of drug-likeness (QED) is 0.578. The van der Waals surface area contributed by atoms with Gasteiger partial charge in [0.2, 0.25) is 18.6 Å². The maximum Gasteiger partial charge on any atom is 0.305 e. The number of para-hydroxylation sites is 1. The molecule has 1 fully saturated rings. The number of amides is 2. The first-order valence-electron chi connectivity index (χ1n) is 10.3. The second-order valence-electron chi connectivity index (χ2n) is 8.20. The minimum Gasteiger partial charge on any atom is -0.481 e. The molecule has 3 aromatic rings. The number of nitrogens with one attached hydrogen (secondary N) is 2. The Morgan fingerprint density at radius 3 is 2.78 bits per heavy atom. The summed E-state index contributed by atoms with van der Waals surface area (Å²) < 4.78 is 11.0. The summed E-state index contributed by atoms with van der Waals surface area (Å²) in [4.78, 5) is 42.8. The number of carboxylic acids is 1. The van der Waals surface area contributed by atoms with Crippen LogP contribution in [-0.4, -0.2) is 51.7 Å². The van der Waals surface area contributed by atoms with Crippen molar-refractivity contribution < 1.29 is 29.0 Å². The number of aromatic amines is 1. The van der Waals surface area contributed by atoms with Gasteiger partial charge in [0, 0.05) is 23.0 Å². The number of H-pyrrole nitrogens is 1. The lowest BCUT2D eigenvalue weighted by Crippen LogP contribution is -2.66. The molecular formula is C23H19N3O6.